The Bertz CT molecular complexity index is 145. The highest BCUT2D eigenvalue weighted by molar-refractivity contribution is 4.88. The maximum absolute atomic E-state index is 5.23. The topological polar surface area (TPSA) is 12.5 Å². The molecular formula is C10H19NO. The monoisotopic (exact) mass is 169 g/mol. The lowest BCUT2D eigenvalue weighted by Gasteiger charge is -2.38. The van der Waals surface area contributed by atoms with E-state index in [1.165, 1.54) is 38.6 Å². The van der Waals surface area contributed by atoms with Crippen LogP contribution in [0, 0.1) is 0 Å². The van der Waals surface area contributed by atoms with Gasteiger partial charge in [0.2, 0.25) is 0 Å². The molecule has 12 heavy (non-hydrogen) atoms. The smallest absolute Gasteiger partial charge is 0.0618 e. The molecule has 0 aromatic rings. The first kappa shape index (κ1) is 8.52. The molecule has 0 aromatic heterocycles. The lowest BCUT2D eigenvalue weighted by atomic mass is 9.91. The van der Waals surface area contributed by atoms with Crippen LogP contribution in [0.25, 0.3) is 0 Å². The van der Waals surface area contributed by atoms with Gasteiger partial charge in [-0.05, 0) is 32.2 Å². The maximum atomic E-state index is 5.23. The molecule has 0 aromatic carbocycles. The van der Waals surface area contributed by atoms with E-state index in [4.69, 9.17) is 4.74 Å². The summed E-state index contributed by atoms with van der Waals surface area (Å²) in [7, 11) is 1.82. The Morgan fingerprint density at radius 1 is 1.25 bits per heavy atom. The summed E-state index contributed by atoms with van der Waals surface area (Å²) in [5, 5.41) is 0. The molecule has 0 bridgehead atoms. The third kappa shape index (κ3) is 1.50. The average Bonchev–Trinajstić information content (AvgIpc) is 2.35. The number of methoxy groups -OCH3 is 1. The molecular weight excluding hydrogens is 150 g/mol. The van der Waals surface area contributed by atoms with Crippen molar-refractivity contribution in [2.45, 2.75) is 44.2 Å². The first-order valence-corrected chi connectivity index (χ1v) is 5.16. The molecule has 2 nitrogen and oxygen atoms in total. The fourth-order valence-electron chi connectivity index (χ4n) is 2.43. The van der Waals surface area contributed by atoms with Crippen LogP contribution < -0.4 is 0 Å². The second-order valence-electron chi connectivity index (χ2n) is 4.07. The van der Waals surface area contributed by atoms with Gasteiger partial charge in [-0.1, -0.05) is 6.42 Å². The second kappa shape index (κ2) is 3.75. The van der Waals surface area contributed by atoms with Crippen molar-refractivity contribution in [3.05, 3.63) is 0 Å². The molecule has 1 aliphatic carbocycles. The van der Waals surface area contributed by atoms with Gasteiger partial charge in [0.25, 0.3) is 0 Å². The van der Waals surface area contributed by atoms with Crippen molar-refractivity contribution < 1.29 is 4.74 Å². The molecule has 0 radical (unpaired) electrons. The Kier molecular flexibility index (Phi) is 2.66. The Morgan fingerprint density at radius 3 is 2.67 bits per heavy atom. The van der Waals surface area contributed by atoms with E-state index in [0.29, 0.717) is 0 Å². The van der Waals surface area contributed by atoms with Crippen molar-refractivity contribution in [3.63, 3.8) is 0 Å². The van der Waals surface area contributed by atoms with Gasteiger partial charge in [0.05, 0.1) is 6.61 Å². The predicted molar refractivity (Wildman–Crippen MR) is 49.2 cm³/mol. The fourth-order valence-corrected chi connectivity index (χ4v) is 2.43. The molecule has 1 saturated heterocycles. The Balaban J connectivity index is 1.85. The van der Waals surface area contributed by atoms with Crippen molar-refractivity contribution in [3.8, 4) is 0 Å². The minimum Gasteiger partial charge on any atom is -0.383 e. The van der Waals surface area contributed by atoms with E-state index < -0.39 is 0 Å². The van der Waals surface area contributed by atoms with Crippen molar-refractivity contribution >= 4 is 0 Å². The van der Waals surface area contributed by atoms with Crippen LogP contribution in [-0.2, 0) is 4.74 Å². The van der Waals surface area contributed by atoms with Crippen LogP contribution in [-0.4, -0.2) is 37.2 Å². The number of hydrogen-bond acceptors (Lipinski definition) is 2. The third-order valence-electron chi connectivity index (χ3n) is 3.33. The van der Waals surface area contributed by atoms with Crippen LogP contribution in [0.15, 0.2) is 0 Å². The van der Waals surface area contributed by atoms with Gasteiger partial charge in [0, 0.05) is 19.2 Å². The van der Waals surface area contributed by atoms with E-state index in [1.807, 2.05) is 7.11 Å². The van der Waals surface area contributed by atoms with Crippen LogP contribution in [0.3, 0.4) is 0 Å². The van der Waals surface area contributed by atoms with E-state index in [1.54, 1.807) is 0 Å². The largest absolute Gasteiger partial charge is 0.383 e. The molecule has 1 heterocycles. The predicted octanol–water partition coefficient (Wildman–Crippen LogP) is 1.65. The van der Waals surface area contributed by atoms with Gasteiger partial charge in [-0.25, -0.2) is 0 Å². The summed E-state index contributed by atoms with van der Waals surface area (Å²) in [6.45, 7) is 2.26. The third-order valence-corrected chi connectivity index (χ3v) is 3.33. The summed E-state index contributed by atoms with van der Waals surface area (Å²) < 4.78 is 5.23. The van der Waals surface area contributed by atoms with E-state index in [9.17, 15) is 0 Å². The van der Waals surface area contributed by atoms with E-state index >= 15 is 0 Å². The zero-order chi connectivity index (χ0) is 8.39. The molecule has 1 aliphatic heterocycles. The molecule has 0 spiro atoms. The standard InChI is InChI=1S/C10H19NO/c1-12-8-10-6-3-7-11(10)9-4-2-5-9/h9-10H,2-8H2,1H3/t10-/m0/s1. The summed E-state index contributed by atoms with van der Waals surface area (Å²) in [5.41, 5.74) is 0. The van der Waals surface area contributed by atoms with Crippen molar-refractivity contribution in [2.75, 3.05) is 20.3 Å². The van der Waals surface area contributed by atoms with Crippen molar-refractivity contribution in [2.24, 2.45) is 0 Å². The zero-order valence-electron chi connectivity index (χ0n) is 7.96. The van der Waals surface area contributed by atoms with E-state index in [0.717, 1.165) is 18.7 Å². The molecule has 0 N–H and O–H groups in total. The summed E-state index contributed by atoms with van der Waals surface area (Å²) in [5.74, 6) is 0. The van der Waals surface area contributed by atoms with E-state index in [-0.39, 0.29) is 0 Å². The first-order chi connectivity index (χ1) is 5.92. The van der Waals surface area contributed by atoms with Gasteiger partial charge in [-0.2, -0.15) is 0 Å². The number of rotatable bonds is 3. The van der Waals surface area contributed by atoms with Gasteiger partial charge in [0.15, 0.2) is 0 Å². The zero-order valence-corrected chi connectivity index (χ0v) is 7.96. The molecule has 1 atom stereocenters. The molecule has 2 fully saturated rings. The molecule has 2 rings (SSSR count). The van der Waals surface area contributed by atoms with Crippen LogP contribution in [0.1, 0.15) is 32.1 Å². The van der Waals surface area contributed by atoms with Gasteiger partial charge >= 0.3 is 0 Å². The van der Waals surface area contributed by atoms with Gasteiger partial charge in [-0.3, -0.25) is 4.90 Å². The Hall–Kier alpha value is -0.0800. The van der Waals surface area contributed by atoms with Crippen LogP contribution in [0.2, 0.25) is 0 Å². The summed E-state index contributed by atoms with van der Waals surface area (Å²) in [6, 6.07) is 1.65. The summed E-state index contributed by atoms with van der Waals surface area (Å²) in [6.07, 6.45) is 7.04. The summed E-state index contributed by atoms with van der Waals surface area (Å²) >= 11 is 0. The number of nitrogens with zero attached hydrogens (tertiary/aromatic N) is 1. The van der Waals surface area contributed by atoms with Crippen molar-refractivity contribution in [1.29, 1.82) is 0 Å². The highest BCUT2D eigenvalue weighted by atomic mass is 16.5. The number of likely N-dealkylation sites (tertiary alicyclic amines) is 1. The highest BCUT2D eigenvalue weighted by Crippen LogP contribution is 2.31. The minimum absolute atomic E-state index is 0.736. The Labute approximate surface area is 74.9 Å². The first-order valence-electron chi connectivity index (χ1n) is 5.16. The SMILES string of the molecule is COC[C@@H]1CCCN1C1CCC1. The lowest BCUT2D eigenvalue weighted by Crippen LogP contribution is -2.44. The highest BCUT2D eigenvalue weighted by Gasteiger charge is 2.33. The van der Waals surface area contributed by atoms with E-state index in [2.05, 4.69) is 4.90 Å². The molecule has 0 amide bonds. The fraction of sp³-hybridized carbons (Fsp3) is 1.00. The number of ether oxygens (including phenoxy) is 1. The quantitative estimate of drug-likeness (QED) is 0.637. The normalized spacial score (nSPS) is 32.2. The molecule has 70 valence electrons. The van der Waals surface area contributed by atoms with Crippen LogP contribution in [0.5, 0.6) is 0 Å². The average molecular weight is 169 g/mol. The lowest BCUT2D eigenvalue weighted by molar-refractivity contribution is 0.0600. The second-order valence-corrected chi connectivity index (χ2v) is 4.07. The van der Waals surface area contributed by atoms with Gasteiger partial charge in [-0.15, -0.1) is 0 Å². The molecule has 2 heteroatoms. The van der Waals surface area contributed by atoms with Gasteiger partial charge < -0.3 is 4.74 Å². The number of hydrogen-bond donors (Lipinski definition) is 0. The van der Waals surface area contributed by atoms with Crippen molar-refractivity contribution in [1.82, 2.24) is 4.90 Å². The van der Waals surface area contributed by atoms with Crippen LogP contribution >= 0.6 is 0 Å². The molecule has 2 aliphatic rings. The molecule has 1 saturated carbocycles. The van der Waals surface area contributed by atoms with Gasteiger partial charge in [0.1, 0.15) is 0 Å². The minimum atomic E-state index is 0.736. The molecule has 0 unspecified atom stereocenters. The van der Waals surface area contributed by atoms with Crippen LogP contribution in [0.4, 0.5) is 0 Å². The Morgan fingerprint density at radius 2 is 2.08 bits per heavy atom. The maximum Gasteiger partial charge on any atom is 0.0618 e. The summed E-state index contributed by atoms with van der Waals surface area (Å²) in [4.78, 5) is 2.67.